The van der Waals surface area contributed by atoms with Crippen molar-refractivity contribution in [2.45, 2.75) is 98.1 Å². The second-order valence-electron chi connectivity index (χ2n) is 8.59. The normalized spacial score (nSPS) is 14.1. The largest absolute Gasteiger partial charge is 0.542 e. The predicted molar refractivity (Wildman–Crippen MR) is 115 cm³/mol. The van der Waals surface area contributed by atoms with Gasteiger partial charge in [-0.2, -0.15) is 4.39 Å². The number of ether oxygens (including phenoxy) is 1. The lowest BCUT2D eigenvalue weighted by molar-refractivity contribution is 0.0984. The van der Waals surface area contributed by atoms with Crippen molar-refractivity contribution < 1.29 is 18.0 Å². The van der Waals surface area contributed by atoms with Crippen molar-refractivity contribution in [2.75, 3.05) is 6.61 Å². The third-order valence-corrected chi connectivity index (χ3v) is 5.00. The molecule has 0 aliphatic carbocycles. The fourth-order valence-corrected chi connectivity index (χ4v) is 3.85. The molecule has 0 heterocycles. The Morgan fingerprint density at radius 1 is 0.808 bits per heavy atom. The lowest BCUT2D eigenvalue weighted by Gasteiger charge is -2.25. The molecule has 0 N–H and O–H groups in total. The lowest BCUT2D eigenvalue weighted by atomic mass is 10.1. The summed E-state index contributed by atoms with van der Waals surface area (Å²) in [7, 11) is -3.91. The van der Waals surface area contributed by atoms with Crippen molar-refractivity contribution in [1.29, 1.82) is 0 Å². The van der Waals surface area contributed by atoms with E-state index in [0.29, 0.717) is 12.4 Å². The molecule has 0 aromatic carbocycles. The zero-order chi connectivity index (χ0) is 20.2. The Labute approximate surface area is 163 Å². The van der Waals surface area contributed by atoms with E-state index in [0.717, 1.165) is 12.8 Å². The van der Waals surface area contributed by atoms with Gasteiger partial charge in [0, 0.05) is 0 Å². The molecule has 0 spiro atoms. The van der Waals surface area contributed by atoms with Gasteiger partial charge in [-0.1, -0.05) is 39.0 Å². The van der Waals surface area contributed by atoms with Gasteiger partial charge in [0.25, 0.3) is 0 Å². The van der Waals surface area contributed by atoms with Crippen LogP contribution in [0.1, 0.15) is 58.8 Å². The minimum Gasteiger partial charge on any atom is -0.542 e. The van der Waals surface area contributed by atoms with Crippen LogP contribution in [0.15, 0.2) is 23.6 Å². The van der Waals surface area contributed by atoms with Crippen molar-refractivity contribution in [3.8, 4) is 0 Å². The second-order valence-corrected chi connectivity index (χ2v) is 17.4. The summed E-state index contributed by atoms with van der Waals surface area (Å²) in [4.78, 5) is 0. The fourth-order valence-electron chi connectivity index (χ4n) is 2.31. The summed E-state index contributed by atoms with van der Waals surface area (Å²) < 4.78 is 32.4. The average Bonchev–Trinajstić information content (AvgIpc) is 2.49. The number of unbranched alkanes of at least 4 members (excludes halogenated alkanes) is 6. The van der Waals surface area contributed by atoms with Crippen LogP contribution in [-0.2, 0) is 13.6 Å². The van der Waals surface area contributed by atoms with E-state index in [1.807, 2.05) is 32.6 Å². The van der Waals surface area contributed by atoms with Crippen LogP contribution in [0.25, 0.3) is 0 Å². The Balaban J connectivity index is 5.17. The van der Waals surface area contributed by atoms with Crippen LogP contribution in [0.3, 0.4) is 0 Å². The molecule has 0 saturated heterocycles. The summed E-state index contributed by atoms with van der Waals surface area (Å²) in [6, 6.07) is 0. The van der Waals surface area contributed by atoms with Crippen molar-refractivity contribution in [1.82, 2.24) is 0 Å². The van der Waals surface area contributed by atoms with Gasteiger partial charge in [-0.3, -0.25) is 0 Å². The fraction of sp³-hybridized carbons (Fsp3) is 0.800. The molecular weight excluding hydrogens is 363 g/mol. The van der Waals surface area contributed by atoms with Gasteiger partial charge in [0.15, 0.2) is 0 Å². The van der Waals surface area contributed by atoms with Crippen molar-refractivity contribution >= 4 is 16.6 Å². The Kier molecular flexibility index (Phi) is 12.2. The standard InChI is InChI=1S/C20H41FO3Si2/c1-9-11-12-13-14-15-16-17-18(23-25(3,4)5)19(21)20(22-10-2)24-26(6,7)8/h17H,9-16H2,1-8H3/b18-17+,20-19+. The zero-order valence-corrected chi connectivity index (χ0v) is 20.3. The summed E-state index contributed by atoms with van der Waals surface area (Å²) in [6.45, 7) is 16.6. The average molecular weight is 405 g/mol. The Morgan fingerprint density at radius 2 is 1.35 bits per heavy atom. The molecule has 0 saturated carbocycles. The first-order chi connectivity index (χ1) is 12.0. The van der Waals surface area contributed by atoms with Crippen LogP contribution in [-0.4, -0.2) is 23.2 Å². The maximum absolute atomic E-state index is 15.1. The highest BCUT2D eigenvalue weighted by Gasteiger charge is 2.27. The third kappa shape index (κ3) is 13.4. The summed E-state index contributed by atoms with van der Waals surface area (Å²) in [5.41, 5.74) is 0. The van der Waals surface area contributed by atoms with E-state index in [1.165, 1.54) is 32.1 Å². The van der Waals surface area contributed by atoms with Crippen LogP contribution in [0, 0.1) is 0 Å². The first-order valence-electron chi connectivity index (χ1n) is 10.1. The molecule has 0 bridgehead atoms. The van der Waals surface area contributed by atoms with Gasteiger partial charge >= 0.3 is 5.95 Å². The summed E-state index contributed by atoms with van der Waals surface area (Å²) in [6.07, 6.45) is 9.98. The minimum atomic E-state index is -1.98. The molecule has 0 fully saturated rings. The quantitative estimate of drug-likeness (QED) is 0.130. The van der Waals surface area contributed by atoms with Gasteiger partial charge in [-0.25, -0.2) is 0 Å². The summed E-state index contributed by atoms with van der Waals surface area (Å²) in [5.74, 6) is -0.221. The van der Waals surface area contributed by atoms with Crippen LogP contribution in [0.4, 0.5) is 4.39 Å². The highest BCUT2D eigenvalue weighted by Crippen LogP contribution is 2.26. The maximum atomic E-state index is 15.1. The second kappa shape index (κ2) is 12.6. The summed E-state index contributed by atoms with van der Waals surface area (Å²) >= 11 is 0. The highest BCUT2D eigenvalue weighted by atomic mass is 28.4. The Morgan fingerprint density at radius 3 is 1.85 bits per heavy atom. The number of hydrogen-bond acceptors (Lipinski definition) is 3. The highest BCUT2D eigenvalue weighted by molar-refractivity contribution is 6.70. The molecule has 26 heavy (non-hydrogen) atoms. The Bertz CT molecular complexity index is 449. The smallest absolute Gasteiger partial charge is 0.306 e. The van der Waals surface area contributed by atoms with E-state index >= 15 is 4.39 Å². The molecule has 0 aromatic heterocycles. The zero-order valence-electron chi connectivity index (χ0n) is 18.3. The minimum absolute atomic E-state index is 0.0147. The molecule has 0 unspecified atom stereocenters. The van der Waals surface area contributed by atoms with E-state index in [2.05, 4.69) is 26.6 Å². The summed E-state index contributed by atoms with van der Waals surface area (Å²) in [5, 5.41) is 0. The molecule has 0 aromatic rings. The maximum Gasteiger partial charge on any atom is 0.306 e. The molecule has 0 atom stereocenters. The van der Waals surface area contributed by atoms with E-state index in [1.54, 1.807) is 0 Å². The predicted octanol–water partition coefficient (Wildman–Crippen LogP) is 7.50. The van der Waals surface area contributed by atoms with Gasteiger partial charge in [-0.05, 0) is 65.1 Å². The van der Waals surface area contributed by atoms with Gasteiger partial charge < -0.3 is 13.6 Å². The van der Waals surface area contributed by atoms with Gasteiger partial charge in [-0.15, -0.1) is 0 Å². The number of halogens is 1. The van der Waals surface area contributed by atoms with Crippen LogP contribution < -0.4 is 0 Å². The van der Waals surface area contributed by atoms with E-state index in [-0.39, 0.29) is 5.95 Å². The molecule has 0 aliphatic heterocycles. The molecule has 0 amide bonds. The van der Waals surface area contributed by atoms with Gasteiger partial charge in [0.1, 0.15) is 5.76 Å². The van der Waals surface area contributed by atoms with Crippen LogP contribution in [0.2, 0.25) is 39.3 Å². The molecule has 0 aliphatic rings. The number of hydrogen-bond donors (Lipinski definition) is 0. The lowest BCUT2D eigenvalue weighted by Crippen LogP contribution is -2.28. The number of rotatable bonds is 14. The van der Waals surface area contributed by atoms with E-state index in [9.17, 15) is 0 Å². The van der Waals surface area contributed by atoms with E-state index in [4.69, 9.17) is 13.6 Å². The first kappa shape index (κ1) is 25.2. The molecule has 0 radical (unpaired) electrons. The SMILES string of the molecule is CCCCCCCC/C=C(O[Si](C)(C)C)\C(F)=C(\OCC)O[Si](C)(C)C. The van der Waals surface area contributed by atoms with Crippen molar-refractivity contribution in [3.63, 3.8) is 0 Å². The van der Waals surface area contributed by atoms with Crippen molar-refractivity contribution in [3.05, 3.63) is 23.6 Å². The molecular formula is C20H41FO3Si2. The van der Waals surface area contributed by atoms with E-state index < -0.39 is 22.5 Å². The number of allylic oxidation sites excluding steroid dienone is 2. The topological polar surface area (TPSA) is 27.7 Å². The molecule has 3 nitrogen and oxygen atoms in total. The van der Waals surface area contributed by atoms with Crippen molar-refractivity contribution in [2.24, 2.45) is 0 Å². The van der Waals surface area contributed by atoms with Crippen LogP contribution in [0.5, 0.6) is 0 Å². The Hall–Kier alpha value is -0.756. The first-order valence-corrected chi connectivity index (χ1v) is 16.9. The van der Waals surface area contributed by atoms with Crippen LogP contribution >= 0.6 is 0 Å². The van der Waals surface area contributed by atoms with Gasteiger partial charge in [0.2, 0.25) is 22.5 Å². The van der Waals surface area contributed by atoms with Gasteiger partial charge in [0.05, 0.1) is 6.61 Å². The third-order valence-electron chi connectivity index (χ3n) is 3.37. The molecule has 6 heteroatoms. The monoisotopic (exact) mass is 404 g/mol. The molecule has 154 valence electrons. The molecule has 0 rings (SSSR count).